The minimum atomic E-state index is -0.00722. The first-order valence-electron chi connectivity index (χ1n) is 5.32. The Kier molecular flexibility index (Phi) is 13.3. The molecule has 84 valence electrons. The van der Waals surface area contributed by atoms with Crippen LogP contribution in [0.4, 0.5) is 0 Å². The van der Waals surface area contributed by atoms with E-state index >= 15 is 0 Å². The van der Waals surface area contributed by atoms with Crippen molar-refractivity contribution in [3.05, 3.63) is 0 Å². The van der Waals surface area contributed by atoms with E-state index in [0.29, 0.717) is 0 Å². The van der Waals surface area contributed by atoms with Crippen LogP contribution in [0.1, 0.15) is 39.5 Å². The lowest BCUT2D eigenvalue weighted by molar-refractivity contribution is -0.130. The second kappa shape index (κ2) is 12.5. The summed E-state index contributed by atoms with van der Waals surface area (Å²) in [6, 6.07) is 1.87. The molecule has 1 fully saturated rings. The molecule has 0 saturated carbocycles. The van der Waals surface area contributed by atoms with E-state index in [-0.39, 0.29) is 12.3 Å². The lowest BCUT2D eigenvalue weighted by Crippen LogP contribution is -2.35. The molecule has 3 heteroatoms. The minimum absolute atomic E-state index is 0.00722. The van der Waals surface area contributed by atoms with Gasteiger partial charge >= 0.3 is 0 Å². The third-order valence-electron chi connectivity index (χ3n) is 1.94. The monoisotopic (exact) mass is 208 g/mol. The number of carbonyl (C=O) groups excluding carboxylic acids is 1. The summed E-state index contributed by atoms with van der Waals surface area (Å²) in [6.45, 7) is 5.70. The summed E-state index contributed by atoms with van der Waals surface area (Å²) in [4.78, 5) is 12.9. The van der Waals surface area contributed by atoms with Gasteiger partial charge in [0.05, 0.1) is 6.07 Å². The summed E-state index contributed by atoms with van der Waals surface area (Å²) in [5, 5.41) is 8.27. The Morgan fingerprint density at radius 2 is 1.73 bits per heavy atom. The van der Waals surface area contributed by atoms with E-state index in [0.717, 1.165) is 25.9 Å². The van der Waals surface area contributed by atoms with Gasteiger partial charge in [-0.15, -0.1) is 12.8 Å². The van der Waals surface area contributed by atoms with Gasteiger partial charge in [-0.3, -0.25) is 4.79 Å². The molecule has 0 aromatic heterocycles. The van der Waals surface area contributed by atoms with Gasteiger partial charge in [0.1, 0.15) is 6.42 Å². The highest BCUT2D eigenvalue weighted by Gasteiger charge is 2.14. The van der Waals surface area contributed by atoms with Gasteiger partial charge in [0.2, 0.25) is 5.91 Å². The molecule has 0 unspecified atom stereocenters. The summed E-state index contributed by atoms with van der Waals surface area (Å²) < 4.78 is 0. The molecule has 1 aliphatic rings. The van der Waals surface area contributed by atoms with Crippen LogP contribution in [-0.2, 0) is 4.79 Å². The van der Waals surface area contributed by atoms with Gasteiger partial charge in [0, 0.05) is 13.1 Å². The summed E-state index contributed by atoms with van der Waals surface area (Å²) in [6.07, 6.45) is 11.4. The molecule has 0 N–H and O–H groups in total. The molecule has 0 aliphatic carbocycles. The smallest absolute Gasteiger partial charge is 0.236 e. The Labute approximate surface area is 93.1 Å². The van der Waals surface area contributed by atoms with Gasteiger partial charge in [0.15, 0.2) is 0 Å². The van der Waals surface area contributed by atoms with Crippen molar-refractivity contribution in [2.75, 3.05) is 13.1 Å². The van der Waals surface area contributed by atoms with Crippen LogP contribution in [0, 0.1) is 24.2 Å². The molecule has 0 aromatic carbocycles. The molecule has 0 atom stereocenters. The highest BCUT2D eigenvalue weighted by Crippen LogP contribution is 2.09. The Hall–Kier alpha value is -1.48. The minimum Gasteiger partial charge on any atom is -0.342 e. The maximum absolute atomic E-state index is 11.1. The Morgan fingerprint density at radius 3 is 2.13 bits per heavy atom. The number of nitriles is 1. The van der Waals surface area contributed by atoms with Gasteiger partial charge in [0.25, 0.3) is 0 Å². The van der Waals surface area contributed by atoms with Crippen molar-refractivity contribution in [2.45, 2.75) is 39.5 Å². The Bertz CT molecular complexity index is 209. The molecule has 0 aromatic rings. The second-order valence-electron chi connectivity index (χ2n) is 2.78. The molecule has 15 heavy (non-hydrogen) atoms. The van der Waals surface area contributed by atoms with Crippen LogP contribution >= 0.6 is 0 Å². The van der Waals surface area contributed by atoms with Crippen LogP contribution in [0.15, 0.2) is 0 Å². The van der Waals surface area contributed by atoms with Crippen molar-refractivity contribution in [1.82, 2.24) is 4.90 Å². The normalized spacial score (nSPS) is 13.4. The highest BCUT2D eigenvalue weighted by molar-refractivity contribution is 5.78. The van der Waals surface area contributed by atoms with Gasteiger partial charge < -0.3 is 4.90 Å². The molecular formula is C12H20N2O. The summed E-state index contributed by atoms with van der Waals surface area (Å²) >= 11 is 0. The standard InChI is InChI=1S/C8H12N2O.C2H6.C2H2/c9-5-4-8(11)10-6-2-1-3-7-10;2*1-2/h1-4,6-7H2;1-2H3;1-2H. The zero-order valence-corrected chi connectivity index (χ0v) is 9.70. The van der Waals surface area contributed by atoms with E-state index in [9.17, 15) is 4.79 Å². The number of hydrogen-bond donors (Lipinski definition) is 0. The second-order valence-corrected chi connectivity index (χ2v) is 2.78. The van der Waals surface area contributed by atoms with Crippen LogP contribution in [0.2, 0.25) is 0 Å². The predicted molar refractivity (Wildman–Crippen MR) is 61.9 cm³/mol. The largest absolute Gasteiger partial charge is 0.342 e. The topological polar surface area (TPSA) is 44.1 Å². The molecule has 3 nitrogen and oxygen atoms in total. The zero-order chi connectivity index (χ0) is 12.1. The Balaban J connectivity index is 0. The van der Waals surface area contributed by atoms with Crippen LogP contribution in [0.5, 0.6) is 0 Å². The fraction of sp³-hybridized carbons (Fsp3) is 0.667. The number of piperidine rings is 1. The summed E-state index contributed by atoms with van der Waals surface area (Å²) in [5.74, 6) is -0.00722. The van der Waals surface area contributed by atoms with Gasteiger partial charge in [-0.1, -0.05) is 13.8 Å². The molecule has 1 amide bonds. The first kappa shape index (κ1) is 16.0. The lowest BCUT2D eigenvalue weighted by atomic mass is 10.1. The molecular weight excluding hydrogens is 188 g/mol. The number of terminal acetylenes is 1. The van der Waals surface area contributed by atoms with Crippen molar-refractivity contribution in [1.29, 1.82) is 5.26 Å². The predicted octanol–water partition coefficient (Wildman–Crippen LogP) is 2.19. The van der Waals surface area contributed by atoms with Crippen LogP contribution in [0.25, 0.3) is 0 Å². The summed E-state index contributed by atoms with van der Waals surface area (Å²) in [5.41, 5.74) is 0. The fourth-order valence-electron chi connectivity index (χ4n) is 1.32. The maximum atomic E-state index is 11.1. The quantitative estimate of drug-likeness (QED) is 0.620. The molecule has 0 bridgehead atoms. The maximum Gasteiger partial charge on any atom is 0.236 e. The summed E-state index contributed by atoms with van der Waals surface area (Å²) in [7, 11) is 0. The average molecular weight is 208 g/mol. The first-order chi connectivity index (χ1) is 7.34. The molecule has 0 radical (unpaired) electrons. The van der Waals surface area contributed by atoms with Crippen molar-refractivity contribution >= 4 is 5.91 Å². The SMILES string of the molecule is C#C.CC.N#CCC(=O)N1CCCCC1. The van der Waals surface area contributed by atoms with Crippen LogP contribution in [-0.4, -0.2) is 23.9 Å². The third-order valence-corrected chi connectivity index (χ3v) is 1.94. The molecule has 1 saturated heterocycles. The number of amides is 1. The van der Waals surface area contributed by atoms with Crippen LogP contribution < -0.4 is 0 Å². The van der Waals surface area contributed by atoms with E-state index in [4.69, 9.17) is 5.26 Å². The molecule has 1 aliphatic heterocycles. The zero-order valence-electron chi connectivity index (χ0n) is 9.70. The van der Waals surface area contributed by atoms with E-state index in [1.807, 2.05) is 19.9 Å². The molecule has 1 rings (SSSR count). The van der Waals surface area contributed by atoms with Crippen molar-refractivity contribution < 1.29 is 4.79 Å². The van der Waals surface area contributed by atoms with Gasteiger partial charge in [-0.25, -0.2) is 0 Å². The van der Waals surface area contributed by atoms with E-state index in [1.54, 1.807) is 4.90 Å². The third kappa shape index (κ3) is 7.58. The van der Waals surface area contributed by atoms with Crippen molar-refractivity contribution in [3.63, 3.8) is 0 Å². The van der Waals surface area contributed by atoms with E-state index in [2.05, 4.69) is 12.8 Å². The number of rotatable bonds is 1. The number of nitrogens with zero attached hydrogens (tertiary/aromatic N) is 2. The van der Waals surface area contributed by atoms with E-state index < -0.39 is 0 Å². The number of hydrogen-bond acceptors (Lipinski definition) is 2. The van der Waals surface area contributed by atoms with Crippen molar-refractivity contribution in [2.24, 2.45) is 0 Å². The lowest BCUT2D eigenvalue weighted by Gasteiger charge is -2.25. The highest BCUT2D eigenvalue weighted by atomic mass is 16.2. The van der Waals surface area contributed by atoms with E-state index in [1.165, 1.54) is 6.42 Å². The van der Waals surface area contributed by atoms with Gasteiger partial charge in [-0.2, -0.15) is 5.26 Å². The Morgan fingerprint density at radius 1 is 1.27 bits per heavy atom. The first-order valence-corrected chi connectivity index (χ1v) is 5.32. The molecule has 1 heterocycles. The number of likely N-dealkylation sites (tertiary alicyclic amines) is 1. The fourth-order valence-corrected chi connectivity index (χ4v) is 1.32. The average Bonchev–Trinajstić information content (AvgIpc) is 2.36. The van der Waals surface area contributed by atoms with Crippen molar-refractivity contribution in [3.8, 4) is 18.9 Å². The number of carbonyl (C=O) groups is 1. The van der Waals surface area contributed by atoms with Crippen LogP contribution in [0.3, 0.4) is 0 Å². The molecule has 0 spiro atoms. The van der Waals surface area contributed by atoms with Gasteiger partial charge in [-0.05, 0) is 19.3 Å².